The molecule has 1 aliphatic rings. The summed E-state index contributed by atoms with van der Waals surface area (Å²) >= 11 is 0. The van der Waals surface area contributed by atoms with Crippen LogP contribution in [-0.4, -0.2) is 72.7 Å². The molecular weight excluding hydrogens is 420 g/mol. The number of morpholine rings is 1. The van der Waals surface area contributed by atoms with Gasteiger partial charge in [0.1, 0.15) is 18.5 Å². The number of aromatic nitrogens is 1. The van der Waals surface area contributed by atoms with E-state index in [1.165, 1.54) is 5.56 Å². The van der Waals surface area contributed by atoms with Crippen LogP contribution in [0, 0.1) is 13.8 Å². The smallest absolute Gasteiger partial charge is 0.340 e. The number of carbonyl (C=O) groups is 1. The maximum Gasteiger partial charge on any atom is 0.340 e. The van der Waals surface area contributed by atoms with Gasteiger partial charge in [0, 0.05) is 36.4 Å². The first-order chi connectivity index (χ1) is 16.0. The average Bonchev–Trinajstić information content (AvgIpc) is 3.10. The van der Waals surface area contributed by atoms with Crippen molar-refractivity contribution in [2.24, 2.45) is 0 Å². The predicted molar refractivity (Wildman–Crippen MR) is 127 cm³/mol. The number of esters is 1. The first-order valence-electron chi connectivity index (χ1n) is 11.5. The summed E-state index contributed by atoms with van der Waals surface area (Å²) in [5.41, 5.74) is 4.40. The van der Waals surface area contributed by atoms with Crippen LogP contribution in [0.1, 0.15) is 28.5 Å². The molecule has 1 atom stereocenters. The van der Waals surface area contributed by atoms with E-state index in [1.807, 2.05) is 44.2 Å². The van der Waals surface area contributed by atoms with Crippen LogP contribution < -0.4 is 4.74 Å². The molecule has 1 saturated heterocycles. The SMILES string of the molecule is CCOC(=O)c1c(C)n(-c2ccc(C)cc2)c2ccc(OC[C@H](O)CN3CCOCC3)cc12. The highest BCUT2D eigenvalue weighted by molar-refractivity contribution is 6.07. The zero-order chi connectivity index (χ0) is 23.4. The number of β-amino-alcohol motifs (C(OH)–C–C–N with tert-alkyl or cyclic N) is 1. The number of aliphatic hydroxyl groups is 1. The molecule has 0 unspecified atom stereocenters. The van der Waals surface area contributed by atoms with Gasteiger partial charge >= 0.3 is 5.97 Å². The van der Waals surface area contributed by atoms with Crippen molar-refractivity contribution in [1.29, 1.82) is 0 Å². The lowest BCUT2D eigenvalue weighted by Gasteiger charge is -2.28. The molecule has 2 aromatic carbocycles. The van der Waals surface area contributed by atoms with Gasteiger partial charge in [0.25, 0.3) is 0 Å². The Morgan fingerprint density at radius 3 is 2.55 bits per heavy atom. The monoisotopic (exact) mass is 452 g/mol. The van der Waals surface area contributed by atoms with Gasteiger partial charge < -0.3 is 23.9 Å². The fraction of sp³-hybridized carbons (Fsp3) is 0.423. The van der Waals surface area contributed by atoms with Gasteiger partial charge in [-0.05, 0) is 51.1 Å². The van der Waals surface area contributed by atoms with Crippen LogP contribution in [0.2, 0.25) is 0 Å². The van der Waals surface area contributed by atoms with Crippen molar-refractivity contribution in [2.45, 2.75) is 26.9 Å². The predicted octanol–water partition coefficient (Wildman–Crippen LogP) is 3.50. The summed E-state index contributed by atoms with van der Waals surface area (Å²) in [5, 5.41) is 11.2. The van der Waals surface area contributed by atoms with Crippen molar-refractivity contribution in [3.63, 3.8) is 0 Å². The molecule has 0 amide bonds. The number of carbonyl (C=O) groups excluding carboxylic acids is 1. The number of rotatable bonds is 8. The first-order valence-corrected chi connectivity index (χ1v) is 11.5. The fourth-order valence-electron chi connectivity index (χ4n) is 4.30. The van der Waals surface area contributed by atoms with Crippen molar-refractivity contribution >= 4 is 16.9 Å². The Labute approximate surface area is 194 Å². The highest BCUT2D eigenvalue weighted by atomic mass is 16.5. The lowest BCUT2D eigenvalue weighted by molar-refractivity contribution is 0.00466. The lowest BCUT2D eigenvalue weighted by atomic mass is 10.1. The number of ether oxygens (including phenoxy) is 3. The van der Waals surface area contributed by atoms with Gasteiger partial charge in [-0.2, -0.15) is 0 Å². The number of hydrogen-bond acceptors (Lipinski definition) is 6. The van der Waals surface area contributed by atoms with Crippen molar-refractivity contribution < 1.29 is 24.1 Å². The lowest BCUT2D eigenvalue weighted by Crippen LogP contribution is -2.42. The molecule has 3 aromatic rings. The standard InChI is InChI=1S/C26H32N2O5/c1-4-32-26(30)25-19(3)28(20-7-5-18(2)6-8-20)24-10-9-22(15-23(24)25)33-17-21(29)16-27-11-13-31-14-12-27/h5-10,15,21,29H,4,11-14,16-17H2,1-3H3/t21-/m1/s1. The zero-order valence-electron chi connectivity index (χ0n) is 19.5. The molecule has 1 aromatic heterocycles. The minimum atomic E-state index is -0.609. The Morgan fingerprint density at radius 2 is 1.85 bits per heavy atom. The van der Waals surface area contributed by atoms with E-state index >= 15 is 0 Å². The molecule has 0 saturated carbocycles. The molecule has 7 nitrogen and oxygen atoms in total. The van der Waals surface area contributed by atoms with Crippen LogP contribution in [0.15, 0.2) is 42.5 Å². The molecule has 33 heavy (non-hydrogen) atoms. The van der Waals surface area contributed by atoms with Gasteiger partial charge in [-0.3, -0.25) is 4.90 Å². The second kappa shape index (κ2) is 10.4. The quantitative estimate of drug-likeness (QED) is 0.528. The van der Waals surface area contributed by atoms with E-state index in [-0.39, 0.29) is 12.6 Å². The van der Waals surface area contributed by atoms with Crippen LogP contribution in [0.3, 0.4) is 0 Å². The Morgan fingerprint density at radius 1 is 1.12 bits per heavy atom. The molecule has 0 spiro atoms. The third-order valence-corrected chi connectivity index (χ3v) is 5.96. The van der Waals surface area contributed by atoms with E-state index in [0.29, 0.717) is 37.7 Å². The molecule has 0 radical (unpaired) electrons. The summed E-state index contributed by atoms with van der Waals surface area (Å²) in [6.45, 7) is 9.82. The minimum Gasteiger partial charge on any atom is -0.491 e. The van der Waals surface area contributed by atoms with Gasteiger partial charge in [0.2, 0.25) is 0 Å². The second-order valence-electron chi connectivity index (χ2n) is 8.41. The van der Waals surface area contributed by atoms with Gasteiger partial charge in [-0.25, -0.2) is 4.79 Å². The summed E-state index contributed by atoms with van der Waals surface area (Å²) in [7, 11) is 0. The van der Waals surface area contributed by atoms with Gasteiger partial charge in [0.05, 0.1) is 30.9 Å². The molecule has 0 bridgehead atoms. The third kappa shape index (κ3) is 5.21. The summed E-state index contributed by atoms with van der Waals surface area (Å²) in [6.07, 6.45) is -0.609. The summed E-state index contributed by atoms with van der Waals surface area (Å²) in [6, 6.07) is 13.9. The van der Waals surface area contributed by atoms with E-state index in [0.717, 1.165) is 35.4 Å². The van der Waals surface area contributed by atoms with Crippen LogP contribution >= 0.6 is 0 Å². The summed E-state index contributed by atoms with van der Waals surface area (Å²) in [4.78, 5) is 15.0. The Kier molecular flexibility index (Phi) is 7.33. The van der Waals surface area contributed by atoms with Crippen molar-refractivity contribution in [1.82, 2.24) is 9.47 Å². The first kappa shape index (κ1) is 23.3. The van der Waals surface area contributed by atoms with Gasteiger partial charge in [0.15, 0.2) is 0 Å². The molecule has 0 aliphatic carbocycles. The number of benzene rings is 2. The number of aliphatic hydroxyl groups excluding tert-OH is 1. The highest BCUT2D eigenvalue weighted by Crippen LogP contribution is 2.32. The number of fused-ring (bicyclic) bond motifs is 1. The van der Waals surface area contributed by atoms with Crippen molar-refractivity contribution in [2.75, 3.05) is 46.1 Å². The third-order valence-electron chi connectivity index (χ3n) is 5.96. The van der Waals surface area contributed by atoms with Gasteiger partial charge in [-0.15, -0.1) is 0 Å². The molecule has 176 valence electrons. The van der Waals surface area contributed by atoms with Gasteiger partial charge in [-0.1, -0.05) is 17.7 Å². The summed E-state index contributed by atoms with van der Waals surface area (Å²) < 4.78 is 18.7. The topological polar surface area (TPSA) is 73.2 Å². The maximum absolute atomic E-state index is 12.8. The van der Waals surface area contributed by atoms with Crippen LogP contribution in [0.4, 0.5) is 0 Å². The molecular formula is C26H32N2O5. The van der Waals surface area contributed by atoms with Crippen molar-refractivity contribution in [3.8, 4) is 11.4 Å². The molecule has 1 fully saturated rings. The van der Waals surface area contributed by atoms with E-state index in [9.17, 15) is 9.90 Å². The number of hydrogen-bond donors (Lipinski definition) is 1. The Bertz CT molecular complexity index is 1100. The molecule has 2 heterocycles. The van der Waals surface area contributed by atoms with Crippen LogP contribution in [0.25, 0.3) is 16.6 Å². The molecule has 4 rings (SSSR count). The van der Waals surface area contributed by atoms with Crippen LogP contribution in [0.5, 0.6) is 5.75 Å². The van der Waals surface area contributed by atoms with Crippen molar-refractivity contribution in [3.05, 3.63) is 59.3 Å². The molecule has 1 N–H and O–H groups in total. The minimum absolute atomic E-state index is 0.176. The largest absolute Gasteiger partial charge is 0.491 e. The summed E-state index contributed by atoms with van der Waals surface area (Å²) in [5.74, 6) is 0.255. The average molecular weight is 453 g/mol. The Balaban J connectivity index is 1.61. The Hall–Kier alpha value is -2.87. The van der Waals surface area contributed by atoms with E-state index in [2.05, 4.69) is 21.6 Å². The highest BCUT2D eigenvalue weighted by Gasteiger charge is 2.23. The molecule has 1 aliphatic heterocycles. The van der Waals surface area contributed by atoms with E-state index in [4.69, 9.17) is 14.2 Å². The number of aryl methyl sites for hydroxylation is 1. The molecule has 7 heteroatoms. The van der Waals surface area contributed by atoms with Crippen LogP contribution in [-0.2, 0) is 9.47 Å². The van der Waals surface area contributed by atoms with E-state index < -0.39 is 6.10 Å². The number of nitrogens with zero attached hydrogens (tertiary/aromatic N) is 2. The second-order valence-corrected chi connectivity index (χ2v) is 8.41. The zero-order valence-corrected chi connectivity index (χ0v) is 19.5. The fourth-order valence-corrected chi connectivity index (χ4v) is 4.30. The normalized spacial score (nSPS) is 15.5. The van der Waals surface area contributed by atoms with E-state index in [1.54, 1.807) is 6.92 Å². The maximum atomic E-state index is 12.8.